The molecule has 2 aromatic rings. The van der Waals surface area contributed by atoms with Crippen LogP contribution in [-0.2, 0) is 29.4 Å². The molecular weight excluding hydrogens is 372 g/mol. The number of hydrogen-bond acceptors (Lipinski definition) is 7. The number of H-pyrrole nitrogens is 1. The second-order valence-electron chi connectivity index (χ2n) is 7.06. The molecule has 148 valence electrons. The van der Waals surface area contributed by atoms with E-state index in [-0.39, 0.29) is 18.4 Å². The zero-order valence-electron chi connectivity index (χ0n) is 15.9. The fraction of sp³-hybridized carbons (Fsp3) is 0.625. The van der Waals surface area contributed by atoms with Gasteiger partial charge in [-0.15, -0.1) is 0 Å². The third kappa shape index (κ3) is 4.19. The average molecular weight is 396 g/mol. The largest absolute Gasteiger partial charge is 0.340 e. The first kappa shape index (κ1) is 19.5. The third-order valence-corrected chi connectivity index (χ3v) is 5.81. The van der Waals surface area contributed by atoms with Crippen molar-refractivity contribution in [2.45, 2.75) is 39.2 Å². The lowest BCUT2D eigenvalue weighted by molar-refractivity contribution is 0.0788. The highest BCUT2D eigenvalue weighted by Gasteiger charge is 2.30. The van der Waals surface area contributed by atoms with E-state index in [9.17, 15) is 13.2 Å². The Balaban J connectivity index is 1.65. The highest BCUT2D eigenvalue weighted by atomic mass is 32.2. The number of likely N-dealkylation sites (N-methyl/N-ethyl adjacent to an activating group) is 1. The Morgan fingerprint density at radius 3 is 2.78 bits per heavy atom. The molecule has 0 saturated carbocycles. The van der Waals surface area contributed by atoms with E-state index in [1.165, 1.54) is 10.6 Å². The Morgan fingerprint density at radius 1 is 1.41 bits per heavy atom. The lowest BCUT2D eigenvalue weighted by Crippen LogP contribution is -2.36. The van der Waals surface area contributed by atoms with Crippen LogP contribution in [0.15, 0.2) is 4.52 Å². The van der Waals surface area contributed by atoms with Crippen LogP contribution in [-0.4, -0.2) is 70.3 Å². The van der Waals surface area contributed by atoms with Crippen molar-refractivity contribution in [2.75, 3.05) is 26.4 Å². The molecule has 3 heterocycles. The molecule has 0 saturated heterocycles. The van der Waals surface area contributed by atoms with Crippen LogP contribution in [0.5, 0.6) is 0 Å². The zero-order valence-corrected chi connectivity index (χ0v) is 16.7. The Morgan fingerprint density at radius 2 is 2.15 bits per heavy atom. The maximum Gasteiger partial charge on any atom is 0.274 e. The van der Waals surface area contributed by atoms with Gasteiger partial charge in [-0.2, -0.15) is 14.4 Å². The summed E-state index contributed by atoms with van der Waals surface area (Å²) < 4.78 is 29.9. The maximum absolute atomic E-state index is 12.7. The molecule has 0 spiro atoms. The van der Waals surface area contributed by atoms with E-state index in [0.717, 1.165) is 5.56 Å². The number of sulfonamides is 1. The normalized spacial score (nSPS) is 15.1. The van der Waals surface area contributed by atoms with Crippen LogP contribution in [0.1, 0.15) is 53.2 Å². The molecule has 2 aromatic heterocycles. The number of nitrogens with one attached hydrogen (secondary N) is 1. The summed E-state index contributed by atoms with van der Waals surface area (Å²) in [6, 6.07) is 0. The van der Waals surface area contributed by atoms with Gasteiger partial charge >= 0.3 is 0 Å². The van der Waals surface area contributed by atoms with Crippen LogP contribution in [0.3, 0.4) is 0 Å². The maximum atomic E-state index is 12.7. The SMILES string of the molecule is CC(C)c1nc(CCN(C)C(=O)c2n[nH]c3c2CCN(S(C)(=O)=O)C3)no1. The smallest absolute Gasteiger partial charge is 0.274 e. The third-order valence-electron chi connectivity index (χ3n) is 4.57. The van der Waals surface area contributed by atoms with E-state index in [2.05, 4.69) is 20.3 Å². The van der Waals surface area contributed by atoms with Crippen LogP contribution < -0.4 is 0 Å². The zero-order chi connectivity index (χ0) is 19.8. The molecule has 10 nitrogen and oxygen atoms in total. The highest BCUT2D eigenvalue weighted by molar-refractivity contribution is 7.88. The summed E-state index contributed by atoms with van der Waals surface area (Å²) in [4.78, 5) is 18.6. The minimum absolute atomic E-state index is 0.160. The average Bonchev–Trinajstić information content (AvgIpc) is 3.24. The Labute approximate surface area is 158 Å². The van der Waals surface area contributed by atoms with Gasteiger partial charge in [0.25, 0.3) is 5.91 Å². The van der Waals surface area contributed by atoms with Crippen molar-refractivity contribution >= 4 is 15.9 Å². The summed E-state index contributed by atoms with van der Waals surface area (Å²) in [5.74, 6) is 1.09. The number of carbonyl (C=O) groups is 1. The lowest BCUT2D eigenvalue weighted by Gasteiger charge is -2.24. The Bertz CT molecular complexity index is 933. The van der Waals surface area contributed by atoms with Crippen LogP contribution in [0.25, 0.3) is 0 Å². The first-order valence-electron chi connectivity index (χ1n) is 8.76. The van der Waals surface area contributed by atoms with E-state index in [1.807, 2.05) is 13.8 Å². The van der Waals surface area contributed by atoms with E-state index in [4.69, 9.17) is 4.52 Å². The number of rotatable bonds is 6. The fourth-order valence-electron chi connectivity index (χ4n) is 2.91. The van der Waals surface area contributed by atoms with Crippen molar-refractivity contribution in [1.82, 2.24) is 29.5 Å². The summed E-state index contributed by atoms with van der Waals surface area (Å²) in [7, 11) is -1.58. The molecule has 11 heteroatoms. The van der Waals surface area contributed by atoms with Crippen molar-refractivity contribution in [1.29, 1.82) is 0 Å². The van der Waals surface area contributed by atoms with Crippen molar-refractivity contribution in [3.8, 4) is 0 Å². The molecule has 0 atom stereocenters. The molecule has 0 aliphatic carbocycles. The molecule has 1 N–H and O–H groups in total. The molecule has 0 unspecified atom stereocenters. The minimum Gasteiger partial charge on any atom is -0.340 e. The second kappa shape index (κ2) is 7.39. The van der Waals surface area contributed by atoms with Crippen LogP contribution in [0, 0.1) is 0 Å². The number of nitrogens with zero attached hydrogens (tertiary/aromatic N) is 5. The molecule has 0 radical (unpaired) electrons. The predicted molar refractivity (Wildman–Crippen MR) is 96.6 cm³/mol. The Hall–Kier alpha value is -2.27. The van der Waals surface area contributed by atoms with Gasteiger partial charge in [-0.25, -0.2) is 8.42 Å². The molecule has 1 aliphatic heterocycles. The van der Waals surface area contributed by atoms with Gasteiger partial charge in [0.05, 0.1) is 18.5 Å². The van der Waals surface area contributed by atoms with E-state index in [1.54, 1.807) is 11.9 Å². The van der Waals surface area contributed by atoms with E-state index >= 15 is 0 Å². The van der Waals surface area contributed by atoms with Gasteiger partial charge in [-0.05, 0) is 6.42 Å². The summed E-state index contributed by atoms with van der Waals surface area (Å²) in [5.41, 5.74) is 1.80. The van der Waals surface area contributed by atoms with Crippen molar-refractivity contribution in [3.05, 3.63) is 28.7 Å². The summed E-state index contributed by atoms with van der Waals surface area (Å²) in [6.07, 6.45) is 2.11. The number of aromatic amines is 1. The van der Waals surface area contributed by atoms with Gasteiger partial charge < -0.3 is 9.42 Å². The van der Waals surface area contributed by atoms with Crippen molar-refractivity contribution in [2.24, 2.45) is 0 Å². The van der Waals surface area contributed by atoms with E-state index in [0.29, 0.717) is 49.0 Å². The van der Waals surface area contributed by atoms with Gasteiger partial charge in [0, 0.05) is 38.0 Å². The van der Waals surface area contributed by atoms with Gasteiger partial charge in [0.15, 0.2) is 11.5 Å². The first-order chi connectivity index (χ1) is 12.7. The first-order valence-corrected chi connectivity index (χ1v) is 10.6. The van der Waals surface area contributed by atoms with E-state index < -0.39 is 10.0 Å². The summed E-state index contributed by atoms with van der Waals surface area (Å²) in [6.45, 7) is 4.92. The Kier molecular flexibility index (Phi) is 5.33. The molecule has 0 bridgehead atoms. The molecule has 1 aliphatic rings. The molecule has 1 amide bonds. The standard InChI is InChI=1S/C16H24N6O4S/c1-10(2)15-17-13(20-26-15)6-7-21(3)16(23)14-11-5-8-22(27(4,24)25)9-12(11)18-19-14/h10H,5-9H2,1-4H3,(H,18,19). The number of carbonyl (C=O) groups excluding carboxylic acids is 1. The van der Waals surface area contributed by atoms with Crippen molar-refractivity contribution in [3.63, 3.8) is 0 Å². The lowest BCUT2D eigenvalue weighted by atomic mass is 10.1. The van der Waals surface area contributed by atoms with Gasteiger partial charge in [0.1, 0.15) is 0 Å². The van der Waals surface area contributed by atoms with Crippen LogP contribution >= 0.6 is 0 Å². The molecule has 0 fully saturated rings. The second-order valence-corrected chi connectivity index (χ2v) is 9.04. The monoisotopic (exact) mass is 396 g/mol. The number of hydrogen-bond donors (Lipinski definition) is 1. The number of fused-ring (bicyclic) bond motifs is 1. The predicted octanol–water partition coefficient (Wildman–Crippen LogP) is 0.549. The fourth-order valence-corrected chi connectivity index (χ4v) is 3.69. The van der Waals surface area contributed by atoms with Crippen molar-refractivity contribution < 1.29 is 17.7 Å². The molecule has 27 heavy (non-hydrogen) atoms. The van der Waals surface area contributed by atoms with Gasteiger partial charge in [0.2, 0.25) is 15.9 Å². The topological polar surface area (TPSA) is 125 Å². The minimum atomic E-state index is -3.27. The molecular formula is C16H24N6O4S. The van der Waals surface area contributed by atoms with Crippen LogP contribution in [0.4, 0.5) is 0 Å². The van der Waals surface area contributed by atoms with Crippen LogP contribution in [0.2, 0.25) is 0 Å². The summed E-state index contributed by atoms with van der Waals surface area (Å²) in [5, 5.41) is 10.9. The summed E-state index contributed by atoms with van der Waals surface area (Å²) >= 11 is 0. The molecule has 0 aromatic carbocycles. The number of aromatic nitrogens is 4. The van der Waals surface area contributed by atoms with Gasteiger partial charge in [-0.3, -0.25) is 9.89 Å². The molecule has 3 rings (SSSR count). The van der Waals surface area contributed by atoms with Gasteiger partial charge in [-0.1, -0.05) is 19.0 Å². The highest BCUT2D eigenvalue weighted by Crippen LogP contribution is 2.22. The number of amides is 1. The quantitative estimate of drug-likeness (QED) is 0.756.